The van der Waals surface area contributed by atoms with E-state index in [1.165, 1.54) is 0 Å². The molecular weight excluding hydrogens is 354 g/mol. The minimum Gasteiger partial charge on any atom is -0.385 e. The van der Waals surface area contributed by atoms with Gasteiger partial charge in [-0.3, -0.25) is 14.5 Å². The summed E-state index contributed by atoms with van der Waals surface area (Å²) < 4.78 is 1.92. The molecule has 3 heterocycles. The Bertz CT molecular complexity index is 997. The number of aliphatic hydroxyl groups excluding tert-OH is 1. The van der Waals surface area contributed by atoms with E-state index in [9.17, 15) is 9.90 Å². The zero-order valence-electron chi connectivity index (χ0n) is 16.2. The van der Waals surface area contributed by atoms with Crippen molar-refractivity contribution >= 4 is 16.8 Å². The van der Waals surface area contributed by atoms with Gasteiger partial charge < -0.3 is 14.9 Å². The second-order valence-corrected chi connectivity index (χ2v) is 7.56. The van der Waals surface area contributed by atoms with E-state index >= 15 is 0 Å². The number of hydrogen-bond acceptors (Lipinski definition) is 5. The molecule has 7 nitrogen and oxygen atoms in total. The third-order valence-corrected chi connectivity index (χ3v) is 5.04. The van der Waals surface area contributed by atoms with Crippen LogP contribution in [0.15, 0.2) is 42.6 Å². The fourth-order valence-corrected chi connectivity index (χ4v) is 3.63. The average molecular weight is 379 g/mol. The lowest BCUT2D eigenvalue weighted by atomic mass is 10.1. The van der Waals surface area contributed by atoms with Crippen LogP contribution in [-0.4, -0.2) is 62.8 Å². The number of aryl methyl sites for hydroxylation is 1. The van der Waals surface area contributed by atoms with E-state index in [4.69, 9.17) is 0 Å². The predicted octanol–water partition coefficient (Wildman–Crippen LogP) is 2.07. The first-order valence-electron chi connectivity index (χ1n) is 9.55. The smallest absolute Gasteiger partial charge is 0.255 e. The van der Waals surface area contributed by atoms with Gasteiger partial charge in [-0.05, 0) is 38.7 Å². The first-order chi connectivity index (χ1) is 13.5. The molecule has 1 amide bonds. The number of fused-ring (bicyclic) bond motifs is 2. The predicted molar refractivity (Wildman–Crippen MR) is 107 cm³/mol. The lowest BCUT2D eigenvalue weighted by Gasteiger charge is -2.20. The molecule has 1 unspecified atom stereocenters. The van der Waals surface area contributed by atoms with E-state index < -0.39 is 6.10 Å². The van der Waals surface area contributed by atoms with Crippen LogP contribution < -0.4 is 0 Å². The second-order valence-electron chi connectivity index (χ2n) is 7.56. The van der Waals surface area contributed by atoms with E-state index in [0.29, 0.717) is 30.9 Å². The maximum Gasteiger partial charge on any atom is 0.255 e. The summed E-state index contributed by atoms with van der Waals surface area (Å²) in [6.07, 6.45) is 1.84. The molecule has 28 heavy (non-hydrogen) atoms. The molecule has 1 aliphatic heterocycles. The highest BCUT2D eigenvalue weighted by Crippen LogP contribution is 2.21. The molecule has 4 rings (SSSR count). The van der Waals surface area contributed by atoms with Crippen LogP contribution in [0.1, 0.15) is 34.3 Å². The van der Waals surface area contributed by atoms with Gasteiger partial charge in [0.05, 0.1) is 29.0 Å². The van der Waals surface area contributed by atoms with Crippen LogP contribution >= 0.6 is 0 Å². The molecule has 1 aromatic carbocycles. The van der Waals surface area contributed by atoms with Crippen LogP contribution in [-0.2, 0) is 13.1 Å². The number of para-hydroxylation sites is 1. The van der Waals surface area contributed by atoms with Gasteiger partial charge in [-0.25, -0.2) is 0 Å². The molecule has 0 bridgehead atoms. The molecule has 1 N–H and O–H groups in total. The number of aromatic nitrogens is 3. The Morgan fingerprint density at radius 1 is 1.25 bits per heavy atom. The molecule has 1 aliphatic rings. The summed E-state index contributed by atoms with van der Waals surface area (Å²) in [5.41, 5.74) is 3.09. The van der Waals surface area contributed by atoms with Crippen molar-refractivity contribution in [3.05, 3.63) is 59.5 Å². The van der Waals surface area contributed by atoms with Crippen LogP contribution in [0.3, 0.4) is 0 Å². The summed E-state index contributed by atoms with van der Waals surface area (Å²) in [6.45, 7) is 2.41. The monoisotopic (exact) mass is 379 g/mol. The van der Waals surface area contributed by atoms with E-state index in [1.807, 2.05) is 65.0 Å². The standard InChI is InChI=1S/C21H25N5O2/c1-24(2)14-20(27)19-11-17-13-25(8-5-9-26(17)23-19)21(28)16-10-15-6-3-4-7-18(15)22-12-16/h3-4,6-7,10-12,20,27H,5,8-9,13-14H2,1-2H3. The van der Waals surface area contributed by atoms with Crippen molar-refractivity contribution in [2.75, 3.05) is 27.2 Å². The van der Waals surface area contributed by atoms with Crippen molar-refractivity contribution in [1.82, 2.24) is 24.6 Å². The fourth-order valence-electron chi connectivity index (χ4n) is 3.63. The number of likely N-dealkylation sites (N-methyl/N-ethyl adjacent to an activating group) is 1. The Morgan fingerprint density at radius 2 is 2.07 bits per heavy atom. The number of benzene rings is 1. The maximum atomic E-state index is 13.1. The first kappa shape index (κ1) is 18.6. The zero-order valence-corrected chi connectivity index (χ0v) is 16.2. The summed E-state index contributed by atoms with van der Waals surface area (Å²) in [5.74, 6) is -0.0247. The number of nitrogens with zero attached hydrogens (tertiary/aromatic N) is 5. The molecule has 2 aromatic heterocycles. The van der Waals surface area contributed by atoms with Gasteiger partial charge in [-0.1, -0.05) is 18.2 Å². The highest BCUT2D eigenvalue weighted by molar-refractivity contribution is 5.97. The minimum atomic E-state index is -0.636. The van der Waals surface area contributed by atoms with Crippen molar-refractivity contribution in [3.8, 4) is 0 Å². The van der Waals surface area contributed by atoms with Gasteiger partial charge in [0, 0.05) is 31.2 Å². The largest absolute Gasteiger partial charge is 0.385 e. The molecule has 0 fully saturated rings. The number of carbonyl (C=O) groups excluding carboxylic acids is 1. The van der Waals surface area contributed by atoms with Gasteiger partial charge in [0.25, 0.3) is 5.91 Å². The zero-order chi connectivity index (χ0) is 19.7. The Hall–Kier alpha value is -2.77. The average Bonchev–Trinajstić information content (AvgIpc) is 2.98. The van der Waals surface area contributed by atoms with Gasteiger partial charge in [0.15, 0.2) is 0 Å². The molecule has 3 aromatic rings. The molecule has 0 radical (unpaired) electrons. The Kier molecular flexibility index (Phi) is 5.11. The number of aliphatic hydroxyl groups is 1. The van der Waals surface area contributed by atoms with Crippen molar-refractivity contribution in [2.24, 2.45) is 0 Å². The summed E-state index contributed by atoms with van der Waals surface area (Å²) >= 11 is 0. The second kappa shape index (κ2) is 7.69. The number of pyridine rings is 1. The van der Waals surface area contributed by atoms with Gasteiger partial charge in [-0.15, -0.1) is 0 Å². The Balaban J connectivity index is 1.56. The van der Waals surface area contributed by atoms with E-state index in [0.717, 1.165) is 29.6 Å². The lowest BCUT2D eigenvalue weighted by Crippen LogP contribution is -2.30. The van der Waals surface area contributed by atoms with Gasteiger partial charge in [0.2, 0.25) is 0 Å². The third-order valence-electron chi connectivity index (χ3n) is 5.04. The van der Waals surface area contributed by atoms with Crippen LogP contribution in [0.5, 0.6) is 0 Å². The normalized spacial score (nSPS) is 15.5. The summed E-state index contributed by atoms with van der Waals surface area (Å²) in [4.78, 5) is 21.3. The summed E-state index contributed by atoms with van der Waals surface area (Å²) in [5, 5.41) is 15.9. The Morgan fingerprint density at radius 3 is 2.89 bits per heavy atom. The molecule has 0 saturated heterocycles. The van der Waals surface area contributed by atoms with Crippen molar-refractivity contribution in [2.45, 2.75) is 25.6 Å². The summed E-state index contributed by atoms with van der Waals surface area (Å²) in [7, 11) is 3.84. The van der Waals surface area contributed by atoms with Gasteiger partial charge >= 0.3 is 0 Å². The maximum absolute atomic E-state index is 13.1. The highest BCUT2D eigenvalue weighted by atomic mass is 16.3. The quantitative estimate of drug-likeness (QED) is 0.751. The number of carbonyl (C=O) groups is 1. The molecule has 7 heteroatoms. The Labute approximate surface area is 164 Å². The minimum absolute atomic E-state index is 0.0247. The molecule has 0 saturated carbocycles. The topological polar surface area (TPSA) is 74.5 Å². The van der Waals surface area contributed by atoms with Crippen LogP contribution in [0.4, 0.5) is 0 Å². The van der Waals surface area contributed by atoms with Crippen LogP contribution in [0, 0.1) is 0 Å². The molecular formula is C21H25N5O2. The first-order valence-corrected chi connectivity index (χ1v) is 9.55. The SMILES string of the molecule is CN(C)CC(O)c1cc2n(n1)CCCN(C(=O)c1cnc3ccccc3c1)C2. The third kappa shape index (κ3) is 3.76. The fraction of sp³-hybridized carbons (Fsp3) is 0.381. The lowest BCUT2D eigenvalue weighted by molar-refractivity contribution is 0.0745. The van der Waals surface area contributed by atoms with Gasteiger partial charge in [-0.2, -0.15) is 5.10 Å². The molecule has 0 aliphatic carbocycles. The van der Waals surface area contributed by atoms with Crippen LogP contribution in [0.25, 0.3) is 10.9 Å². The van der Waals surface area contributed by atoms with Crippen molar-refractivity contribution < 1.29 is 9.90 Å². The summed E-state index contributed by atoms with van der Waals surface area (Å²) in [6, 6.07) is 11.6. The molecule has 0 spiro atoms. The highest BCUT2D eigenvalue weighted by Gasteiger charge is 2.24. The number of amides is 1. The van der Waals surface area contributed by atoms with E-state index in [2.05, 4.69) is 10.1 Å². The van der Waals surface area contributed by atoms with Crippen LogP contribution in [0.2, 0.25) is 0 Å². The van der Waals surface area contributed by atoms with Crippen molar-refractivity contribution in [1.29, 1.82) is 0 Å². The van der Waals surface area contributed by atoms with E-state index in [-0.39, 0.29) is 5.91 Å². The number of hydrogen-bond donors (Lipinski definition) is 1. The van der Waals surface area contributed by atoms with E-state index in [1.54, 1.807) is 6.20 Å². The number of rotatable bonds is 4. The van der Waals surface area contributed by atoms with Gasteiger partial charge in [0.1, 0.15) is 6.10 Å². The van der Waals surface area contributed by atoms with Crippen molar-refractivity contribution in [3.63, 3.8) is 0 Å². The molecule has 146 valence electrons. The molecule has 1 atom stereocenters.